The molecule has 1 saturated carbocycles. The maximum absolute atomic E-state index is 12.7. The first-order chi connectivity index (χ1) is 12.4. The number of rotatable bonds is 6. The smallest absolute Gasteiger partial charge is 0.262 e. The molecule has 2 fully saturated rings. The zero-order valence-electron chi connectivity index (χ0n) is 14.8. The largest absolute Gasteiger partial charge is 0.356 e. The van der Waals surface area contributed by atoms with E-state index in [1.54, 1.807) is 17.9 Å². The molecule has 2 atom stereocenters. The van der Waals surface area contributed by atoms with Crippen LogP contribution in [0.25, 0.3) is 0 Å². The van der Waals surface area contributed by atoms with Gasteiger partial charge in [0, 0.05) is 19.6 Å². The van der Waals surface area contributed by atoms with Crippen molar-refractivity contribution in [2.24, 2.45) is 11.8 Å². The molecule has 1 aromatic rings. The normalized spacial score (nSPS) is 21.2. The zero-order chi connectivity index (χ0) is 18.7. The van der Waals surface area contributed by atoms with E-state index in [1.807, 2.05) is 6.07 Å². The van der Waals surface area contributed by atoms with Gasteiger partial charge in [-0.15, -0.1) is 11.3 Å². The molecule has 0 spiro atoms. The van der Waals surface area contributed by atoms with Crippen molar-refractivity contribution >= 4 is 45.0 Å². The number of carbonyl (C=O) groups excluding carboxylic acids is 3. The first kappa shape index (κ1) is 19.4. The average molecular weight is 442 g/mol. The van der Waals surface area contributed by atoms with Crippen molar-refractivity contribution < 1.29 is 14.4 Å². The van der Waals surface area contributed by atoms with Gasteiger partial charge in [0.15, 0.2) is 0 Å². The molecule has 8 heteroatoms. The highest BCUT2D eigenvalue weighted by atomic mass is 79.9. The Morgan fingerprint density at radius 3 is 2.73 bits per heavy atom. The Balaban J connectivity index is 1.50. The highest BCUT2D eigenvalue weighted by molar-refractivity contribution is 9.11. The monoisotopic (exact) mass is 441 g/mol. The minimum atomic E-state index is -0.614. The van der Waals surface area contributed by atoms with Gasteiger partial charge in [0.05, 0.1) is 14.6 Å². The van der Waals surface area contributed by atoms with Crippen molar-refractivity contribution in [3.05, 3.63) is 20.8 Å². The van der Waals surface area contributed by atoms with Crippen LogP contribution in [-0.2, 0) is 9.59 Å². The van der Waals surface area contributed by atoms with Gasteiger partial charge in [0.1, 0.15) is 6.04 Å². The lowest BCUT2D eigenvalue weighted by Crippen LogP contribution is -2.52. The molecule has 0 aromatic carbocycles. The number of thiophene rings is 1. The van der Waals surface area contributed by atoms with E-state index >= 15 is 0 Å². The van der Waals surface area contributed by atoms with Crippen molar-refractivity contribution in [3.63, 3.8) is 0 Å². The lowest BCUT2D eigenvalue weighted by atomic mass is 9.96. The van der Waals surface area contributed by atoms with Crippen molar-refractivity contribution in [3.8, 4) is 0 Å². The molecule has 26 heavy (non-hydrogen) atoms. The van der Waals surface area contributed by atoms with Crippen LogP contribution in [0.5, 0.6) is 0 Å². The molecule has 2 aliphatic rings. The number of likely N-dealkylation sites (tertiary alicyclic amines) is 1. The number of hydrogen-bond acceptors (Lipinski definition) is 4. The Morgan fingerprint density at radius 1 is 1.31 bits per heavy atom. The highest BCUT2D eigenvalue weighted by Gasteiger charge is 2.32. The van der Waals surface area contributed by atoms with Crippen LogP contribution < -0.4 is 10.6 Å². The first-order valence-corrected chi connectivity index (χ1v) is 10.7. The molecule has 3 amide bonds. The number of amides is 3. The van der Waals surface area contributed by atoms with Gasteiger partial charge in [-0.05, 0) is 66.6 Å². The summed E-state index contributed by atoms with van der Waals surface area (Å²) in [6, 6.07) is 2.92. The van der Waals surface area contributed by atoms with Crippen LogP contribution in [0.1, 0.15) is 42.3 Å². The van der Waals surface area contributed by atoms with E-state index in [4.69, 9.17) is 0 Å². The third kappa shape index (κ3) is 5.07. The zero-order valence-corrected chi connectivity index (χ0v) is 17.2. The van der Waals surface area contributed by atoms with Crippen molar-refractivity contribution in [1.29, 1.82) is 0 Å². The van der Waals surface area contributed by atoms with E-state index < -0.39 is 6.04 Å². The third-order valence-electron chi connectivity index (χ3n) is 4.88. The molecule has 2 heterocycles. The van der Waals surface area contributed by atoms with Crippen molar-refractivity contribution in [2.75, 3.05) is 19.6 Å². The minimum absolute atomic E-state index is 0.0505. The first-order valence-electron chi connectivity index (χ1n) is 9.06. The van der Waals surface area contributed by atoms with Gasteiger partial charge in [-0.3, -0.25) is 14.4 Å². The van der Waals surface area contributed by atoms with Crippen LogP contribution >= 0.6 is 27.3 Å². The summed E-state index contributed by atoms with van der Waals surface area (Å²) in [6.45, 7) is 3.52. The van der Waals surface area contributed by atoms with Crippen LogP contribution in [0.3, 0.4) is 0 Å². The van der Waals surface area contributed by atoms with E-state index in [0.717, 1.165) is 23.2 Å². The Morgan fingerprint density at radius 2 is 2.08 bits per heavy atom. The molecule has 3 rings (SSSR count). The molecule has 0 radical (unpaired) electrons. The predicted octanol–water partition coefficient (Wildman–Crippen LogP) is 2.39. The van der Waals surface area contributed by atoms with Gasteiger partial charge in [-0.1, -0.05) is 0 Å². The highest BCUT2D eigenvalue weighted by Crippen LogP contribution is 2.28. The molecule has 0 bridgehead atoms. The number of nitrogens with one attached hydrogen (secondary N) is 2. The summed E-state index contributed by atoms with van der Waals surface area (Å²) in [4.78, 5) is 39.5. The molecule has 2 N–H and O–H groups in total. The second kappa shape index (κ2) is 8.52. The molecule has 142 valence electrons. The number of piperidine rings is 1. The molecule has 2 unspecified atom stereocenters. The molecule has 1 aliphatic heterocycles. The quantitative estimate of drug-likeness (QED) is 0.710. The Labute approximate surface area is 165 Å². The van der Waals surface area contributed by atoms with Gasteiger partial charge < -0.3 is 15.5 Å². The number of hydrogen-bond donors (Lipinski definition) is 2. The Kier molecular flexibility index (Phi) is 6.34. The van der Waals surface area contributed by atoms with Gasteiger partial charge in [-0.2, -0.15) is 0 Å². The van der Waals surface area contributed by atoms with E-state index in [0.29, 0.717) is 23.9 Å². The van der Waals surface area contributed by atoms with Crippen LogP contribution in [0.15, 0.2) is 15.9 Å². The number of halogens is 1. The molecule has 1 aromatic heterocycles. The second-order valence-electron chi connectivity index (χ2n) is 7.11. The van der Waals surface area contributed by atoms with E-state index in [1.165, 1.54) is 24.2 Å². The lowest BCUT2D eigenvalue weighted by Gasteiger charge is -2.33. The van der Waals surface area contributed by atoms with Crippen LogP contribution in [-0.4, -0.2) is 48.3 Å². The van der Waals surface area contributed by atoms with E-state index in [9.17, 15) is 14.4 Å². The average Bonchev–Trinajstić information content (AvgIpc) is 3.37. The van der Waals surface area contributed by atoms with Crippen LogP contribution in [0.4, 0.5) is 0 Å². The van der Waals surface area contributed by atoms with Gasteiger partial charge in [0.25, 0.3) is 5.91 Å². The van der Waals surface area contributed by atoms with Crippen LogP contribution in [0.2, 0.25) is 0 Å². The molecular formula is C18H24BrN3O3S. The van der Waals surface area contributed by atoms with Crippen molar-refractivity contribution in [1.82, 2.24) is 15.5 Å². The molecular weight excluding hydrogens is 418 g/mol. The SMILES string of the molecule is CC(NC(=O)c1ccc(Br)s1)C(=O)N1CCCC(C(=O)NCC2CC2)C1. The molecule has 6 nitrogen and oxygen atoms in total. The summed E-state index contributed by atoms with van der Waals surface area (Å²) in [7, 11) is 0. The summed E-state index contributed by atoms with van der Waals surface area (Å²) in [5.74, 6) is 0.163. The van der Waals surface area contributed by atoms with E-state index in [2.05, 4.69) is 26.6 Å². The fourth-order valence-electron chi connectivity index (χ4n) is 3.14. The topological polar surface area (TPSA) is 78.5 Å². The predicted molar refractivity (Wildman–Crippen MR) is 104 cm³/mol. The third-order valence-corrected chi connectivity index (χ3v) is 6.50. The van der Waals surface area contributed by atoms with Crippen molar-refractivity contribution in [2.45, 2.75) is 38.6 Å². The minimum Gasteiger partial charge on any atom is -0.356 e. The van der Waals surface area contributed by atoms with Gasteiger partial charge in [-0.25, -0.2) is 0 Å². The second-order valence-corrected chi connectivity index (χ2v) is 9.57. The summed E-state index contributed by atoms with van der Waals surface area (Å²) in [6.07, 6.45) is 4.02. The van der Waals surface area contributed by atoms with Crippen LogP contribution in [0, 0.1) is 11.8 Å². The Bertz CT molecular complexity index is 689. The standard InChI is InChI=1S/C18H24BrN3O3S/c1-11(21-17(24)14-6-7-15(19)26-14)18(25)22-8-2-3-13(10-22)16(23)20-9-12-4-5-12/h6-7,11-13H,2-5,8-10H2,1H3,(H,20,23)(H,21,24). The lowest BCUT2D eigenvalue weighted by molar-refractivity contribution is -0.137. The maximum atomic E-state index is 12.7. The fourth-order valence-corrected chi connectivity index (χ4v) is 4.43. The summed E-state index contributed by atoms with van der Waals surface area (Å²) in [5.41, 5.74) is 0. The molecule has 1 saturated heterocycles. The fraction of sp³-hybridized carbons (Fsp3) is 0.611. The maximum Gasteiger partial charge on any atom is 0.262 e. The summed E-state index contributed by atoms with van der Waals surface area (Å²) < 4.78 is 0.873. The summed E-state index contributed by atoms with van der Waals surface area (Å²) in [5, 5.41) is 5.77. The summed E-state index contributed by atoms with van der Waals surface area (Å²) >= 11 is 4.66. The van der Waals surface area contributed by atoms with Gasteiger partial charge >= 0.3 is 0 Å². The Hall–Kier alpha value is -1.41. The number of carbonyl (C=O) groups is 3. The number of nitrogens with zero attached hydrogens (tertiary/aromatic N) is 1. The molecule has 1 aliphatic carbocycles. The van der Waals surface area contributed by atoms with Gasteiger partial charge in [0.2, 0.25) is 11.8 Å². The van der Waals surface area contributed by atoms with E-state index in [-0.39, 0.29) is 23.6 Å².